The first-order chi connectivity index (χ1) is 7.74. The lowest BCUT2D eigenvalue weighted by Gasteiger charge is -2.28. The Morgan fingerprint density at radius 3 is 3.19 bits per heavy atom. The Morgan fingerprint density at radius 1 is 1.75 bits per heavy atom. The van der Waals surface area contributed by atoms with Crippen molar-refractivity contribution in [2.45, 2.75) is 32.4 Å². The predicted octanol–water partition coefficient (Wildman–Crippen LogP) is 2.09. The summed E-state index contributed by atoms with van der Waals surface area (Å²) in [6, 6.07) is 0.0112. The highest BCUT2D eigenvalue weighted by atomic mass is 79.9. The zero-order valence-corrected chi connectivity index (χ0v) is 11.1. The van der Waals surface area contributed by atoms with Crippen LogP contribution in [0.3, 0.4) is 0 Å². The van der Waals surface area contributed by atoms with E-state index in [1.54, 1.807) is 0 Å². The first-order valence-electron chi connectivity index (χ1n) is 5.78. The molecule has 0 saturated carbocycles. The van der Waals surface area contributed by atoms with Crippen LogP contribution in [-0.2, 0) is 11.3 Å². The number of halogens is 1. The van der Waals surface area contributed by atoms with Crippen molar-refractivity contribution in [3.05, 3.63) is 16.4 Å². The Balaban J connectivity index is 2.18. The van der Waals surface area contributed by atoms with E-state index in [1.165, 1.54) is 0 Å². The van der Waals surface area contributed by atoms with Gasteiger partial charge in [0.25, 0.3) is 0 Å². The molecular formula is C11H18BrN3O. The van der Waals surface area contributed by atoms with Gasteiger partial charge in [0.2, 0.25) is 0 Å². The summed E-state index contributed by atoms with van der Waals surface area (Å²) >= 11 is 3.52. The molecule has 0 aromatic carbocycles. The molecule has 2 rings (SSSR count). The van der Waals surface area contributed by atoms with Crippen LogP contribution in [0.5, 0.6) is 0 Å². The average Bonchev–Trinajstić information content (AvgIpc) is 2.70. The third-order valence-corrected chi connectivity index (χ3v) is 3.76. The van der Waals surface area contributed by atoms with Crippen molar-refractivity contribution in [2.75, 3.05) is 13.2 Å². The van der Waals surface area contributed by atoms with Gasteiger partial charge in [0, 0.05) is 19.1 Å². The lowest BCUT2D eigenvalue weighted by atomic mass is 9.92. The maximum Gasteiger partial charge on any atom is 0.0697 e. The minimum atomic E-state index is 0.0112. The number of nitrogens with two attached hydrogens (primary N) is 1. The molecule has 1 aliphatic rings. The Kier molecular flexibility index (Phi) is 4.00. The van der Waals surface area contributed by atoms with E-state index in [0.717, 1.165) is 42.8 Å². The van der Waals surface area contributed by atoms with Crippen molar-refractivity contribution >= 4 is 15.9 Å². The zero-order chi connectivity index (χ0) is 11.5. The molecule has 2 heterocycles. The molecule has 90 valence electrons. The molecule has 0 spiro atoms. The molecule has 2 unspecified atom stereocenters. The molecule has 4 nitrogen and oxygen atoms in total. The largest absolute Gasteiger partial charge is 0.381 e. The first kappa shape index (κ1) is 12.1. The van der Waals surface area contributed by atoms with Crippen molar-refractivity contribution in [3.8, 4) is 0 Å². The molecule has 0 amide bonds. The van der Waals surface area contributed by atoms with Crippen LogP contribution in [0.1, 0.15) is 31.5 Å². The number of nitrogens with zero attached hydrogens (tertiary/aromatic N) is 2. The second-order valence-corrected chi connectivity index (χ2v) is 5.05. The van der Waals surface area contributed by atoms with Crippen LogP contribution in [-0.4, -0.2) is 23.0 Å². The van der Waals surface area contributed by atoms with Gasteiger partial charge in [0.1, 0.15) is 0 Å². The average molecular weight is 288 g/mol. The maximum atomic E-state index is 6.32. The molecule has 2 N–H and O–H groups in total. The molecular weight excluding hydrogens is 270 g/mol. The standard InChI is InChI=1S/C11H18BrN3O/c1-2-15-11(9(12)6-14-15)10(13)8-4-3-5-16-7-8/h6,8,10H,2-5,7,13H2,1H3. The van der Waals surface area contributed by atoms with Gasteiger partial charge >= 0.3 is 0 Å². The summed E-state index contributed by atoms with van der Waals surface area (Å²) in [6.07, 6.45) is 4.07. The van der Waals surface area contributed by atoms with E-state index < -0.39 is 0 Å². The molecule has 16 heavy (non-hydrogen) atoms. The smallest absolute Gasteiger partial charge is 0.0697 e. The number of hydrogen-bond donors (Lipinski definition) is 1. The molecule has 1 aromatic rings. The summed E-state index contributed by atoms with van der Waals surface area (Å²) < 4.78 is 8.46. The molecule has 0 aliphatic carbocycles. The van der Waals surface area contributed by atoms with Gasteiger partial charge in [-0.25, -0.2) is 0 Å². The summed E-state index contributed by atoms with van der Waals surface area (Å²) in [6.45, 7) is 4.56. The fourth-order valence-electron chi connectivity index (χ4n) is 2.23. The SMILES string of the molecule is CCn1ncc(Br)c1C(N)C1CCCOC1. The lowest BCUT2D eigenvalue weighted by molar-refractivity contribution is 0.0435. The van der Waals surface area contributed by atoms with Crippen molar-refractivity contribution in [1.82, 2.24) is 9.78 Å². The quantitative estimate of drug-likeness (QED) is 0.926. The summed E-state index contributed by atoms with van der Waals surface area (Å²) in [7, 11) is 0. The van der Waals surface area contributed by atoms with Crippen molar-refractivity contribution in [3.63, 3.8) is 0 Å². The summed E-state index contributed by atoms with van der Waals surface area (Å²) in [5, 5.41) is 4.30. The van der Waals surface area contributed by atoms with Gasteiger partial charge in [-0.15, -0.1) is 0 Å². The Morgan fingerprint density at radius 2 is 2.56 bits per heavy atom. The lowest BCUT2D eigenvalue weighted by Crippen LogP contribution is -2.31. The summed E-state index contributed by atoms with van der Waals surface area (Å²) in [4.78, 5) is 0. The van der Waals surface area contributed by atoms with Crippen LogP contribution in [0, 0.1) is 5.92 Å². The monoisotopic (exact) mass is 287 g/mol. The molecule has 0 bridgehead atoms. The van der Waals surface area contributed by atoms with Crippen LogP contribution >= 0.6 is 15.9 Å². The second kappa shape index (κ2) is 5.29. The molecule has 0 radical (unpaired) electrons. The molecule has 5 heteroatoms. The fourth-order valence-corrected chi connectivity index (χ4v) is 2.79. The van der Waals surface area contributed by atoms with E-state index in [4.69, 9.17) is 10.5 Å². The predicted molar refractivity (Wildman–Crippen MR) is 66.1 cm³/mol. The number of aryl methyl sites for hydroxylation is 1. The normalized spacial score (nSPS) is 23.3. The van der Waals surface area contributed by atoms with Crippen LogP contribution < -0.4 is 5.73 Å². The third kappa shape index (κ3) is 2.31. The van der Waals surface area contributed by atoms with Crippen LogP contribution in [0.4, 0.5) is 0 Å². The van der Waals surface area contributed by atoms with Gasteiger partial charge in [-0.2, -0.15) is 5.10 Å². The molecule has 2 atom stereocenters. The minimum Gasteiger partial charge on any atom is -0.381 e. The van der Waals surface area contributed by atoms with Crippen LogP contribution in [0.2, 0.25) is 0 Å². The molecule has 1 fully saturated rings. The Bertz CT molecular complexity index is 347. The Labute approximate surface area is 104 Å². The van der Waals surface area contributed by atoms with Gasteiger partial charge < -0.3 is 10.5 Å². The van der Waals surface area contributed by atoms with E-state index in [9.17, 15) is 0 Å². The van der Waals surface area contributed by atoms with Crippen molar-refractivity contribution in [1.29, 1.82) is 0 Å². The highest BCUT2D eigenvalue weighted by Gasteiger charge is 2.26. The first-order valence-corrected chi connectivity index (χ1v) is 6.57. The van der Waals surface area contributed by atoms with Gasteiger partial charge in [0.05, 0.1) is 29.0 Å². The number of ether oxygens (including phenoxy) is 1. The fraction of sp³-hybridized carbons (Fsp3) is 0.727. The topological polar surface area (TPSA) is 53.1 Å². The highest BCUT2D eigenvalue weighted by molar-refractivity contribution is 9.10. The molecule has 1 aliphatic heterocycles. The summed E-state index contributed by atoms with van der Waals surface area (Å²) in [5.41, 5.74) is 7.42. The third-order valence-electron chi connectivity index (χ3n) is 3.15. The van der Waals surface area contributed by atoms with Crippen LogP contribution in [0.25, 0.3) is 0 Å². The van der Waals surface area contributed by atoms with E-state index in [0.29, 0.717) is 5.92 Å². The molecule has 1 saturated heterocycles. The van der Waals surface area contributed by atoms with Crippen molar-refractivity contribution in [2.24, 2.45) is 11.7 Å². The number of aromatic nitrogens is 2. The maximum absolute atomic E-state index is 6.32. The van der Waals surface area contributed by atoms with Gasteiger partial charge in [0.15, 0.2) is 0 Å². The Hall–Kier alpha value is -0.390. The number of hydrogen-bond acceptors (Lipinski definition) is 3. The van der Waals surface area contributed by atoms with Gasteiger partial charge in [-0.1, -0.05) is 0 Å². The van der Waals surface area contributed by atoms with E-state index in [-0.39, 0.29) is 6.04 Å². The van der Waals surface area contributed by atoms with E-state index >= 15 is 0 Å². The number of rotatable bonds is 3. The molecule has 1 aromatic heterocycles. The minimum absolute atomic E-state index is 0.0112. The summed E-state index contributed by atoms with van der Waals surface area (Å²) in [5.74, 6) is 0.409. The van der Waals surface area contributed by atoms with E-state index in [2.05, 4.69) is 28.0 Å². The van der Waals surface area contributed by atoms with Gasteiger partial charge in [-0.05, 0) is 35.7 Å². The zero-order valence-electron chi connectivity index (χ0n) is 9.53. The van der Waals surface area contributed by atoms with Crippen LogP contribution in [0.15, 0.2) is 10.7 Å². The van der Waals surface area contributed by atoms with E-state index in [1.807, 2.05) is 10.9 Å². The van der Waals surface area contributed by atoms with Gasteiger partial charge in [-0.3, -0.25) is 4.68 Å². The highest BCUT2D eigenvalue weighted by Crippen LogP contribution is 2.31. The van der Waals surface area contributed by atoms with Crippen molar-refractivity contribution < 1.29 is 4.74 Å². The second-order valence-electron chi connectivity index (χ2n) is 4.20.